The van der Waals surface area contributed by atoms with Crippen LogP contribution >= 0.6 is 0 Å². The molecule has 1 heterocycles. The van der Waals surface area contributed by atoms with Gasteiger partial charge in [-0.05, 0) is 18.6 Å². The van der Waals surface area contributed by atoms with Crippen molar-refractivity contribution in [3.63, 3.8) is 0 Å². The summed E-state index contributed by atoms with van der Waals surface area (Å²) in [4.78, 5) is 15.9. The third kappa shape index (κ3) is 3.26. The molecule has 0 aliphatic carbocycles. The van der Waals surface area contributed by atoms with Crippen LogP contribution in [0.25, 0.3) is 11.0 Å². The minimum absolute atomic E-state index is 0.101. The summed E-state index contributed by atoms with van der Waals surface area (Å²) in [7, 11) is 0. The Kier molecular flexibility index (Phi) is 4.93. The first-order chi connectivity index (χ1) is 9.76. The van der Waals surface area contributed by atoms with Crippen LogP contribution in [0.3, 0.4) is 0 Å². The van der Waals surface area contributed by atoms with Gasteiger partial charge in [0.25, 0.3) is 0 Å². The van der Waals surface area contributed by atoms with Crippen molar-refractivity contribution in [1.82, 2.24) is 14.9 Å². The number of rotatable bonds is 7. The molecule has 1 amide bonds. The van der Waals surface area contributed by atoms with E-state index in [1.165, 1.54) is 0 Å². The van der Waals surface area contributed by atoms with Crippen LogP contribution in [0.5, 0.6) is 0 Å². The Labute approximate surface area is 119 Å². The van der Waals surface area contributed by atoms with Gasteiger partial charge in [0.1, 0.15) is 5.82 Å². The molecule has 0 unspecified atom stereocenters. The van der Waals surface area contributed by atoms with Crippen molar-refractivity contribution in [3.05, 3.63) is 42.7 Å². The molecule has 0 fully saturated rings. The first-order valence-corrected chi connectivity index (χ1v) is 7.08. The third-order valence-corrected chi connectivity index (χ3v) is 3.27. The maximum atomic E-state index is 11.2. The molecule has 0 aliphatic rings. The highest BCUT2D eigenvalue weighted by atomic mass is 16.1. The summed E-state index contributed by atoms with van der Waals surface area (Å²) < 4.78 is 2.18. The molecule has 0 atom stereocenters. The van der Waals surface area contributed by atoms with Crippen molar-refractivity contribution in [2.24, 2.45) is 0 Å². The van der Waals surface area contributed by atoms with Gasteiger partial charge in [-0.15, -0.1) is 6.58 Å². The average Bonchev–Trinajstić information content (AvgIpc) is 2.82. The summed E-state index contributed by atoms with van der Waals surface area (Å²) in [5.74, 6) is 1.15. The van der Waals surface area contributed by atoms with Crippen LogP contribution in [0.2, 0.25) is 0 Å². The quantitative estimate of drug-likeness (QED) is 0.621. The summed E-state index contributed by atoms with van der Waals surface area (Å²) in [6.45, 7) is 7.13. The lowest BCUT2D eigenvalue weighted by Gasteiger charge is -2.07. The van der Waals surface area contributed by atoms with E-state index in [0.717, 1.165) is 36.2 Å². The Morgan fingerprint density at radius 2 is 2.25 bits per heavy atom. The van der Waals surface area contributed by atoms with Gasteiger partial charge in [0, 0.05) is 25.9 Å². The zero-order valence-corrected chi connectivity index (χ0v) is 11.9. The summed E-state index contributed by atoms with van der Waals surface area (Å²) in [6, 6.07) is 8.12. The van der Waals surface area contributed by atoms with E-state index in [0.29, 0.717) is 13.0 Å². The SMILES string of the molecule is C=CCn1c(CCCNC(=O)CC)nc2ccccc21. The van der Waals surface area contributed by atoms with Gasteiger partial charge < -0.3 is 9.88 Å². The number of aromatic nitrogens is 2. The lowest BCUT2D eigenvalue weighted by Crippen LogP contribution is -2.23. The zero-order chi connectivity index (χ0) is 14.4. The molecule has 0 bridgehead atoms. The summed E-state index contributed by atoms with van der Waals surface area (Å²) in [6.07, 6.45) is 4.17. The number of para-hydroxylation sites is 2. The molecule has 0 radical (unpaired) electrons. The van der Waals surface area contributed by atoms with Crippen LogP contribution in [0.1, 0.15) is 25.6 Å². The van der Waals surface area contributed by atoms with Crippen molar-refractivity contribution in [1.29, 1.82) is 0 Å². The molecule has 1 aromatic carbocycles. The Hall–Kier alpha value is -2.10. The first-order valence-electron chi connectivity index (χ1n) is 7.08. The zero-order valence-electron chi connectivity index (χ0n) is 11.9. The molecule has 0 aliphatic heterocycles. The number of benzene rings is 1. The van der Waals surface area contributed by atoms with E-state index in [-0.39, 0.29) is 5.91 Å². The van der Waals surface area contributed by atoms with Gasteiger partial charge in [0.2, 0.25) is 5.91 Å². The van der Waals surface area contributed by atoms with E-state index in [1.54, 1.807) is 0 Å². The van der Waals surface area contributed by atoms with Crippen molar-refractivity contribution in [2.75, 3.05) is 6.54 Å². The highest BCUT2D eigenvalue weighted by Gasteiger charge is 2.08. The Morgan fingerprint density at radius 3 is 3.00 bits per heavy atom. The second-order valence-corrected chi connectivity index (χ2v) is 4.72. The highest BCUT2D eigenvalue weighted by Crippen LogP contribution is 2.17. The number of aryl methyl sites for hydroxylation is 1. The van der Waals surface area contributed by atoms with E-state index in [4.69, 9.17) is 0 Å². The van der Waals surface area contributed by atoms with Gasteiger partial charge in [-0.3, -0.25) is 4.79 Å². The predicted octanol–water partition coefficient (Wildman–Crippen LogP) is 2.68. The standard InChI is InChI=1S/C16H21N3O/c1-3-12-19-14-9-6-5-8-13(14)18-15(19)10-7-11-17-16(20)4-2/h3,5-6,8-9H,1,4,7,10-12H2,2H3,(H,17,20). The van der Waals surface area contributed by atoms with Crippen molar-refractivity contribution in [3.8, 4) is 0 Å². The lowest BCUT2D eigenvalue weighted by molar-refractivity contribution is -0.120. The maximum absolute atomic E-state index is 11.2. The number of carbonyl (C=O) groups is 1. The molecule has 0 saturated carbocycles. The molecule has 2 aromatic rings. The topological polar surface area (TPSA) is 46.9 Å². The average molecular weight is 271 g/mol. The Bertz CT molecular complexity index is 601. The van der Waals surface area contributed by atoms with Crippen LogP contribution < -0.4 is 5.32 Å². The minimum Gasteiger partial charge on any atom is -0.356 e. The maximum Gasteiger partial charge on any atom is 0.219 e. The number of nitrogens with one attached hydrogen (secondary N) is 1. The van der Waals surface area contributed by atoms with Gasteiger partial charge in [0.15, 0.2) is 0 Å². The Balaban J connectivity index is 2.06. The number of nitrogens with zero attached hydrogens (tertiary/aromatic N) is 2. The molecular formula is C16H21N3O. The molecule has 106 valence electrons. The van der Waals surface area contributed by atoms with Crippen molar-refractivity contribution in [2.45, 2.75) is 32.7 Å². The van der Waals surface area contributed by atoms with E-state index < -0.39 is 0 Å². The number of fused-ring (bicyclic) bond motifs is 1. The van der Waals surface area contributed by atoms with E-state index in [1.807, 2.05) is 31.2 Å². The second kappa shape index (κ2) is 6.89. The van der Waals surface area contributed by atoms with E-state index in [2.05, 4.69) is 27.5 Å². The van der Waals surface area contributed by atoms with Gasteiger partial charge in [-0.1, -0.05) is 25.1 Å². The normalized spacial score (nSPS) is 10.7. The smallest absolute Gasteiger partial charge is 0.219 e. The van der Waals surface area contributed by atoms with Crippen LogP contribution in [0.4, 0.5) is 0 Å². The number of imidazole rings is 1. The molecule has 1 aromatic heterocycles. The van der Waals surface area contributed by atoms with E-state index in [9.17, 15) is 4.79 Å². The molecule has 20 heavy (non-hydrogen) atoms. The third-order valence-electron chi connectivity index (χ3n) is 3.27. The first kappa shape index (κ1) is 14.3. The lowest BCUT2D eigenvalue weighted by atomic mass is 10.3. The van der Waals surface area contributed by atoms with Crippen LogP contribution in [0, 0.1) is 0 Å². The Morgan fingerprint density at radius 1 is 1.45 bits per heavy atom. The molecule has 2 rings (SSSR count). The molecule has 1 N–H and O–H groups in total. The molecular weight excluding hydrogens is 250 g/mol. The number of allylic oxidation sites excluding steroid dienone is 1. The van der Waals surface area contributed by atoms with E-state index >= 15 is 0 Å². The minimum atomic E-state index is 0.101. The molecule has 0 spiro atoms. The fourth-order valence-electron chi connectivity index (χ4n) is 2.25. The molecule has 0 saturated heterocycles. The van der Waals surface area contributed by atoms with Gasteiger partial charge in [-0.25, -0.2) is 4.98 Å². The summed E-state index contributed by atoms with van der Waals surface area (Å²) >= 11 is 0. The fourth-order valence-corrected chi connectivity index (χ4v) is 2.25. The fraction of sp³-hybridized carbons (Fsp3) is 0.375. The van der Waals surface area contributed by atoms with Crippen LogP contribution in [0.15, 0.2) is 36.9 Å². The number of amides is 1. The number of hydrogen-bond acceptors (Lipinski definition) is 2. The molecule has 4 heteroatoms. The molecule has 4 nitrogen and oxygen atoms in total. The van der Waals surface area contributed by atoms with Gasteiger partial charge in [-0.2, -0.15) is 0 Å². The summed E-state index contributed by atoms with van der Waals surface area (Å²) in [5.41, 5.74) is 2.15. The van der Waals surface area contributed by atoms with Crippen LogP contribution in [-0.4, -0.2) is 22.0 Å². The van der Waals surface area contributed by atoms with Crippen molar-refractivity contribution >= 4 is 16.9 Å². The summed E-state index contributed by atoms with van der Waals surface area (Å²) in [5, 5.41) is 2.89. The van der Waals surface area contributed by atoms with Gasteiger partial charge >= 0.3 is 0 Å². The highest BCUT2D eigenvalue weighted by molar-refractivity contribution is 5.76. The van der Waals surface area contributed by atoms with Gasteiger partial charge in [0.05, 0.1) is 11.0 Å². The number of hydrogen-bond donors (Lipinski definition) is 1. The monoisotopic (exact) mass is 271 g/mol. The van der Waals surface area contributed by atoms with Crippen molar-refractivity contribution < 1.29 is 4.79 Å². The van der Waals surface area contributed by atoms with Crippen LogP contribution in [-0.2, 0) is 17.8 Å². The largest absolute Gasteiger partial charge is 0.356 e. The second-order valence-electron chi connectivity index (χ2n) is 4.72. The number of carbonyl (C=O) groups excluding carboxylic acids is 1. The predicted molar refractivity (Wildman–Crippen MR) is 81.6 cm³/mol.